The molecule has 2 heterocycles. The number of alkyl halides is 1. The topological polar surface area (TPSA) is 75.3 Å². The van der Waals surface area contributed by atoms with Crippen LogP contribution in [0, 0.1) is 6.92 Å². The lowest BCUT2D eigenvalue weighted by Crippen LogP contribution is -2.46. The highest BCUT2D eigenvalue weighted by molar-refractivity contribution is 7.89. The molecule has 0 aromatic carbocycles. The van der Waals surface area contributed by atoms with Gasteiger partial charge < -0.3 is 9.72 Å². The van der Waals surface area contributed by atoms with Crippen LogP contribution in [0.1, 0.15) is 5.82 Å². The van der Waals surface area contributed by atoms with E-state index < -0.39 is 10.0 Å². The number of nitrogens with one attached hydrogen (secondary N) is 1. The van der Waals surface area contributed by atoms with Crippen molar-refractivity contribution in [2.24, 2.45) is 0 Å². The predicted octanol–water partition coefficient (Wildman–Crippen LogP) is 0.346. The fourth-order valence-electron chi connectivity index (χ4n) is 1.67. The van der Waals surface area contributed by atoms with Crippen LogP contribution in [-0.4, -0.2) is 54.4 Å². The number of halogens is 1. The van der Waals surface area contributed by atoms with Gasteiger partial charge in [0.25, 0.3) is 10.0 Å². The zero-order chi connectivity index (χ0) is 12.5. The number of aromatic amines is 1. The highest BCUT2D eigenvalue weighted by atomic mass is 35.5. The Bertz CT molecular complexity index is 487. The molecular weight excluding hydrogens is 266 g/mol. The van der Waals surface area contributed by atoms with E-state index in [1.54, 1.807) is 6.92 Å². The van der Waals surface area contributed by atoms with Crippen molar-refractivity contribution in [3.63, 3.8) is 0 Å². The maximum absolute atomic E-state index is 12.2. The zero-order valence-electron chi connectivity index (χ0n) is 9.39. The highest BCUT2D eigenvalue weighted by Crippen LogP contribution is 2.17. The standard InChI is InChI=1S/C9H14ClN3O3S/c1-7-11-5-9(12-7)17(14,15)13-2-3-16-8(4-10)6-13/h5,8H,2-4,6H2,1H3,(H,11,12). The molecule has 1 aliphatic rings. The Morgan fingerprint density at radius 2 is 2.47 bits per heavy atom. The van der Waals surface area contributed by atoms with Gasteiger partial charge in [-0.1, -0.05) is 0 Å². The van der Waals surface area contributed by atoms with Crippen LogP contribution in [0.4, 0.5) is 0 Å². The van der Waals surface area contributed by atoms with Gasteiger partial charge >= 0.3 is 0 Å². The molecule has 2 rings (SSSR count). The fraction of sp³-hybridized carbons (Fsp3) is 0.667. The molecule has 0 spiro atoms. The summed E-state index contributed by atoms with van der Waals surface area (Å²) in [5.41, 5.74) is 0. The lowest BCUT2D eigenvalue weighted by Gasteiger charge is -2.30. The van der Waals surface area contributed by atoms with Gasteiger partial charge in [-0.05, 0) is 6.92 Å². The second-order valence-electron chi connectivity index (χ2n) is 3.84. The first-order chi connectivity index (χ1) is 8.04. The number of nitrogens with zero attached hydrogens (tertiary/aromatic N) is 2. The molecule has 6 nitrogen and oxygen atoms in total. The van der Waals surface area contributed by atoms with Crippen molar-refractivity contribution >= 4 is 21.6 Å². The van der Waals surface area contributed by atoms with Gasteiger partial charge in [0.1, 0.15) is 5.82 Å². The van der Waals surface area contributed by atoms with Gasteiger partial charge in [-0.25, -0.2) is 13.4 Å². The monoisotopic (exact) mass is 279 g/mol. The largest absolute Gasteiger partial charge is 0.374 e. The Labute approximate surface area is 105 Å². The Balaban J connectivity index is 2.21. The average Bonchev–Trinajstić information content (AvgIpc) is 2.76. The van der Waals surface area contributed by atoms with Crippen molar-refractivity contribution in [2.45, 2.75) is 18.1 Å². The number of hydrogen-bond acceptors (Lipinski definition) is 4. The summed E-state index contributed by atoms with van der Waals surface area (Å²) in [6.45, 7) is 2.70. The second-order valence-corrected chi connectivity index (χ2v) is 6.06. The molecule has 1 aliphatic heterocycles. The van der Waals surface area contributed by atoms with Crippen LogP contribution in [0.5, 0.6) is 0 Å². The number of aryl methyl sites for hydroxylation is 1. The molecule has 1 N–H and O–H groups in total. The first-order valence-corrected chi connectivity index (χ1v) is 7.21. The lowest BCUT2D eigenvalue weighted by molar-refractivity contribution is 0.0121. The van der Waals surface area contributed by atoms with Crippen molar-refractivity contribution in [1.82, 2.24) is 14.3 Å². The summed E-state index contributed by atoms with van der Waals surface area (Å²) in [6.07, 6.45) is 1.08. The maximum atomic E-state index is 12.2. The number of morpholine rings is 1. The molecule has 96 valence electrons. The molecular formula is C9H14ClN3O3S. The maximum Gasteiger partial charge on any atom is 0.260 e. The smallest absolute Gasteiger partial charge is 0.260 e. The first-order valence-electron chi connectivity index (χ1n) is 5.23. The number of hydrogen-bond donors (Lipinski definition) is 1. The Hall–Kier alpha value is -0.630. The van der Waals surface area contributed by atoms with Crippen LogP contribution in [0.3, 0.4) is 0 Å². The average molecular weight is 280 g/mol. The summed E-state index contributed by atoms with van der Waals surface area (Å²) in [6, 6.07) is 0. The summed E-state index contributed by atoms with van der Waals surface area (Å²) < 4.78 is 31.1. The van der Waals surface area contributed by atoms with E-state index in [2.05, 4.69) is 9.97 Å². The van der Waals surface area contributed by atoms with E-state index in [4.69, 9.17) is 16.3 Å². The highest BCUT2D eigenvalue weighted by Gasteiger charge is 2.31. The van der Waals surface area contributed by atoms with Crippen molar-refractivity contribution in [2.75, 3.05) is 25.6 Å². The van der Waals surface area contributed by atoms with Gasteiger partial charge in [-0.3, -0.25) is 0 Å². The molecule has 1 aromatic heterocycles. The molecule has 0 radical (unpaired) electrons. The van der Waals surface area contributed by atoms with Gasteiger partial charge in [-0.15, -0.1) is 11.6 Å². The molecule has 0 saturated carbocycles. The Morgan fingerprint density at radius 1 is 1.71 bits per heavy atom. The zero-order valence-corrected chi connectivity index (χ0v) is 11.0. The lowest BCUT2D eigenvalue weighted by atomic mass is 10.3. The molecule has 1 atom stereocenters. The van der Waals surface area contributed by atoms with Gasteiger partial charge in [-0.2, -0.15) is 4.31 Å². The molecule has 0 bridgehead atoms. The van der Waals surface area contributed by atoms with Crippen molar-refractivity contribution in [3.05, 3.63) is 12.0 Å². The van der Waals surface area contributed by atoms with Gasteiger partial charge in [0.15, 0.2) is 5.03 Å². The summed E-state index contributed by atoms with van der Waals surface area (Å²) in [4.78, 5) is 6.63. The quantitative estimate of drug-likeness (QED) is 0.810. The summed E-state index contributed by atoms with van der Waals surface area (Å²) in [7, 11) is -3.51. The van der Waals surface area contributed by atoms with Crippen molar-refractivity contribution < 1.29 is 13.2 Å². The molecule has 0 aliphatic carbocycles. The molecule has 1 saturated heterocycles. The van der Waals surface area contributed by atoms with E-state index in [-0.39, 0.29) is 23.6 Å². The molecule has 1 aromatic rings. The summed E-state index contributed by atoms with van der Waals surface area (Å²) in [5, 5.41) is 0.116. The minimum absolute atomic E-state index is 0.116. The van der Waals surface area contributed by atoms with Gasteiger partial charge in [0, 0.05) is 19.0 Å². The third kappa shape index (κ3) is 2.62. The number of ether oxygens (including phenoxy) is 1. The SMILES string of the molecule is Cc1ncc(S(=O)(=O)N2CCOC(CCl)C2)[nH]1. The van der Waals surface area contributed by atoms with E-state index >= 15 is 0 Å². The second kappa shape index (κ2) is 4.93. The van der Waals surface area contributed by atoms with Crippen LogP contribution in [-0.2, 0) is 14.8 Å². The molecule has 8 heteroatoms. The summed E-state index contributed by atoms with van der Waals surface area (Å²) in [5.74, 6) is 0.860. The van der Waals surface area contributed by atoms with Crippen LogP contribution >= 0.6 is 11.6 Å². The Kier molecular flexibility index (Phi) is 3.72. The third-order valence-corrected chi connectivity index (χ3v) is 4.69. The van der Waals surface area contributed by atoms with Crippen LogP contribution in [0.2, 0.25) is 0 Å². The molecule has 1 unspecified atom stereocenters. The van der Waals surface area contributed by atoms with Crippen molar-refractivity contribution in [1.29, 1.82) is 0 Å². The number of sulfonamides is 1. The number of aromatic nitrogens is 2. The van der Waals surface area contributed by atoms with E-state index in [1.165, 1.54) is 10.5 Å². The van der Waals surface area contributed by atoms with Crippen molar-refractivity contribution in [3.8, 4) is 0 Å². The number of imidazole rings is 1. The Morgan fingerprint density at radius 3 is 3.06 bits per heavy atom. The van der Waals surface area contributed by atoms with E-state index in [9.17, 15) is 8.42 Å². The molecule has 1 fully saturated rings. The van der Waals surface area contributed by atoms with Crippen LogP contribution < -0.4 is 0 Å². The van der Waals surface area contributed by atoms with Gasteiger partial charge in [0.05, 0.1) is 18.9 Å². The predicted molar refractivity (Wildman–Crippen MR) is 62.5 cm³/mol. The first kappa shape index (κ1) is 12.8. The normalized spacial score (nSPS) is 22.8. The molecule has 17 heavy (non-hydrogen) atoms. The van der Waals surface area contributed by atoms with Crippen LogP contribution in [0.25, 0.3) is 0 Å². The minimum atomic E-state index is -3.51. The third-order valence-electron chi connectivity index (χ3n) is 2.57. The summed E-state index contributed by atoms with van der Waals surface area (Å²) >= 11 is 5.68. The van der Waals surface area contributed by atoms with Crippen LogP contribution in [0.15, 0.2) is 11.2 Å². The fourth-order valence-corrected chi connectivity index (χ4v) is 3.28. The van der Waals surface area contributed by atoms with E-state index in [0.717, 1.165) is 0 Å². The van der Waals surface area contributed by atoms with Gasteiger partial charge in [0.2, 0.25) is 0 Å². The van der Waals surface area contributed by atoms with E-state index in [0.29, 0.717) is 19.0 Å². The number of rotatable bonds is 3. The molecule has 0 amide bonds. The minimum Gasteiger partial charge on any atom is -0.374 e. The van der Waals surface area contributed by atoms with E-state index in [1.807, 2.05) is 0 Å². The number of H-pyrrole nitrogens is 1.